The van der Waals surface area contributed by atoms with E-state index in [0.29, 0.717) is 17.0 Å². The number of ether oxygens (including phenoxy) is 2. The molecule has 2 rings (SSSR count). The summed E-state index contributed by atoms with van der Waals surface area (Å²) in [6.45, 7) is 4.93. The van der Waals surface area contributed by atoms with Crippen molar-refractivity contribution in [2.24, 2.45) is 5.92 Å². The lowest BCUT2D eigenvalue weighted by atomic mass is 9.87. The van der Waals surface area contributed by atoms with Gasteiger partial charge in [-0.05, 0) is 49.4 Å². The van der Waals surface area contributed by atoms with Crippen molar-refractivity contribution in [1.82, 2.24) is 5.32 Å². The standard InChI is InChI=1S/C16H24ClNO2/c1-3-8-18-16(12-6-9-20-10-7-12)13-4-5-15(19-2)14(17)11-13/h4-5,11-12,16,18H,3,6-10H2,1-2H3. The van der Waals surface area contributed by atoms with E-state index < -0.39 is 0 Å². The highest BCUT2D eigenvalue weighted by Crippen LogP contribution is 2.34. The van der Waals surface area contributed by atoms with Gasteiger partial charge in [-0.15, -0.1) is 0 Å². The third-order valence-electron chi connectivity index (χ3n) is 3.89. The van der Waals surface area contributed by atoms with Crippen LogP contribution in [0.5, 0.6) is 5.75 Å². The fourth-order valence-electron chi connectivity index (χ4n) is 2.78. The third kappa shape index (κ3) is 3.87. The van der Waals surface area contributed by atoms with E-state index in [0.717, 1.165) is 44.8 Å². The summed E-state index contributed by atoms with van der Waals surface area (Å²) in [7, 11) is 1.65. The largest absolute Gasteiger partial charge is 0.495 e. The van der Waals surface area contributed by atoms with Gasteiger partial charge in [0.25, 0.3) is 0 Å². The Kier molecular flexibility index (Phi) is 6.14. The highest BCUT2D eigenvalue weighted by atomic mass is 35.5. The summed E-state index contributed by atoms with van der Waals surface area (Å²) >= 11 is 6.27. The maximum absolute atomic E-state index is 6.27. The molecule has 112 valence electrons. The van der Waals surface area contributed by atoms with Crippen LogP contribution in [0.25, 0.3) is 0 Å². The molecule has 20 heavy (non-hydrogen) atoms. The predicted molar refractivity (Wildman–Crippen MR) is 82.6 cm³/mol. The van der Waals surface area contributed by atoms with E-state index in [4.69, 9.17) is 21.1 Å². The fourth-order valence-corrected chi connectivity index (χ4v) is 3.05. The summed E-state index contributed by atoms with van der Waals surface area (Å²) in [6.07, 6.45) is 3.33. The van der Waals surface area contributed by atoms with E-state index in [9.17, 15) is 0 Å². The molecule has 0 amide bonds. The topological polar surface area (TPSA) is 30.5 Å². The van der Waals surface area contributed by atoms with Crippen molar-refractivity contribution in [3.05, 3.63) is 28.8 Å². The van der Waals surface area contributed by atoms with Crippen molar-refractivity contribution >= 4 is 11.6 Å². The van der Waals surface area contributed by atoms with Crippen molar-refractivity contribution in [3.63, 3.8) is 0 Å². The lowest BCUT2D eigenvalue weighted by Crippen LogP contribution is -2.32. The first-order valence-electron chi connectivity index (χ1n) is 7.40. The van der Waals surface area contributed by atoms with Crippen LogP contribution in [0.3, 0.4) is 0 Å². The zero-order valence-electron chi connectivity index (χ0n) is 12.3. The Bertz CT molecular complexity index is 419. The Morgan fingerprint density at radius 3 is 2.75 bits per heavy atom. The second kappa shape index (κ2) is 7.87. The monoisotopic (exact) mass is 297 g/mol. The zero-order chi connectivity index (χ0) is 14.4. The molecule has 0 aromatic heterocycles. The normalized spacial score (nSPS) is 17.9. The number of benzene rings is 1. The smallest absolute Gasteiger partial charge is 0.137 e. The van der Waals surface area contributed by atoms with Crippen LogP contribution in [-0.4, -0.2) is 26.9 Å². The minimum absolute atomic E-state index is 0.349. The maximum Gasteiger partial charge on any atom is 0.137 e. The quantitative estimate of drug-likeness (QED) is 0.866. The molecule has 0 bridgehead atoms. The molecule has 3 nitrogen and oxygen atoms in total. The Hall–Kier alpha value is -0.770. The second-order valence-electron chi connectivity index (χ2n) is 5.28. The Balaban J connectivity index is 2.18. The molecule has 1 aromatic carbocycles. The van der Waals surface area contributed by atoms with Crippen LogP contribution in [0.2, 0.25) is 5.02 Å². The maximum atomic E-state index is 6.27. The number of rotatable bonds is 6. The Labute approximate surface area is 126 Å². The lowest BCUT2D eigenvalue weighted by Gasteiger charge is -2.31. The number of methoxy groups -OCH3 is 1. The molecule has 0 spiro atoms. The number of halogens is 1. The van der Waals surface area contributed by atoms with Crippen molar-refractivity contribution in [1.29, 1.82) is 0 Å². The van der Waals surface area contributed by atoms with Gasteiger partial charge in [0, 0.05) is 19.3 Å². The summed E-state index contributed by atoms with van der Waals surface area (Å²) in [4.78, 5) is 0. The highest BCUT2D eigenvalue weighted by Gasteiger charge is 2.25. The first-order chi connectivity index (χ1) is 9.76. The SMILES string of the molecule is CCCNC(c1ccc(OC)c(Cl)c1)C1CCOCC1. The summed E-state index contributed by atoms with van der Waals surface area (Å²) in [5.41, 5.74) is 1.25. The zero-order valence-corrected chi connectivity index (χ0v) is 13.1. The van der Waals surface area contributed by atoms with Crippen LogP contribution >= 0.6 is 11.6 Å². The molecule has 4 heteroatoms. The van der Waals surface area contributed by atoms with Crippen LogP contribution in [0.15, 0.2) is 18.2 Å². The van der Waals surface area contributed by atoms with Gasteiger partial charge in [0.2, 0.25) is 0 Å². The average molecular weight is 298 g/mol. The van der Waals surface area contributed by atoms with E-state index in [1.807, 2.05) is 12.1 Å². The first-order valence-corrected chi connectivity index (χ1v) is 7.78. The van der Waals surface area contributed by atoms with Gasteiger partial charge < -0.3 is 14.8 Å². The van der Waals surface area contributed by atoms with E-state index >= 15 is 0 Å². The van der Waals surface area contributed by atoms with Gasteiger partial charge in [-0.2, -0.15) is 0 Å². The minimum atomic E-state index is 0.349. The number of nitrogens with one attached hydrogen (secondary N) is 1. The fraction of sp³-hybridized carbons (Fsp3) is 0.625. The molecule has 1 saturated heterocycles. The van der Waals surface area contributed by atoms with Crippen LogP contribution in [0.4, 0.5) is 0 Å². The van der Waals surface area contributed by atoms with Gasteiger partial charge in [-0.1, -0.05) is 24.6 Å². The molecular formula is C16H24ClNO2. The number of hydrogen-bond donors (Lipinski definition) is 1. The van der Waals surface area contributed by atoms with Crippen molar-refractivity contribution in [3.8, 4) is 5.75 Å². The van der Waals surface area contributed by atoms with Crippen LogP contribution in [0.1, 0.15) is 37.8 Å². The van der Waals surface area contributed by atoms with Crippen LogP contribution in [0, 0.1) is 5.92 Å². The van der Waals surface area contributed by atoms with Crippen molar-refractivity contribution in [2.75, 3.05) is 26.9 Å². The van der Waals surface area contributed by atoms with Crippen LogP contribution in [-0.2, 0) is 4.74 Å². The molecule has 1 N–H and O–H groups in total. The van der Waals surface area contributed by atoms with Crippen molar-refractivity contribution in [2.45, 2.75) is 32.2 Å². The minimum Gasteiger partial charge on any atom is -0.495 e. The molecule has 1 aliphatic rings. The molecular weight excluding hydrogens is 274 g/mol. The van der Waals surface area contributed by atoms with E-state index in [1.165, 1.54) is 5.56 Å². The lowest BCUT2D eigenvalue weighted by molar-refractivity contribution is 0.0536. The summed E-state index contributed by atoms with van der Waals surface area (Å²) < 4.78 is 10.7. The van der Waals surface area contributed by atoms with Gasteiger partial charge in [-0.25, -0.2) is 0 Å². The summed E-state index contributed by atoms with van der Waals surface area (Å²) in [5, 5.41) is 4.35. The average Bonchev–Trinajstić information content (AvgIpc) is 2.49. The molecule has 0 aliphatic carbocycles. The molecule has 0 radical (unpaired) electrons. The highest BCUT2D eigenvalue weighted by molar-refractivity contribution is 6.32. The molecule has 1 fully saturated rings. The van der Waals surface area contributed by atoms with E-state index in [2.05, 4.69) is 18.3 Å². The van der Waals surface area contributed by atoms with Gasteiger partial charge in [0.05, 0.1) is 12.1 Å². The van der Waals surface area contributed by atoms with Gasteiger partial charge >= 0.3 is 0 Å². The second-order valence-corrected chi connectivity index (χ2v) is 5.68. The van der Waals surface area contributed by atoms with Crippen LogP contribution < -0.4 is 10.1 Å². The molecule has 1 unspecified atom stereocenters. The molecule has 0 saturated carbocycles. The van der Waals surface area contributed by atoms with Gasteiger partial charge in [-0.3, -0.25) is 0 Å². The molecule has 1 heterocycles. The number of hydrogen-bond acceptors (Lipinski definition) is 3. The third-order valence-corrected chi connectivity index (χ3v) is 4.18. The van der Waals surface area contributed by atoms with Gasteiger partial charge in [0.15, 0.2) is 0 Å². The summed E-state index contributed by atoms with van der Waals surface area (Å²) in [5.74, 6) is 1.34. The van der Waals surface area contributed by atoms with E-state index in [1.54, 1.807) is 7.11 Å². The Morgan fingerprint density at radius 1 is 1.40 bits per heavy atom. The molecule has 1 aliphatic heterocycles. The predicted octanol–water partition coefficient (Wildman–Crippen LogP) is 3.82. The van der Waals surface area contributed by atoms with E-state index in [-0.39, 0.29) is 0 Å². The molecule has 1 aromatic rings. The summed E-state index contributed by atoms with van der Waals surface area (Å²) in [6, 6.07) is 6.45. The molecule has 1 atom stereocenters. The first kappa shape index (κ1) is 15.6. The van der Waals surface area contributed by atoms with Crippen molar-refractivity contribution < 1.29 is 9.47 Å². The van der Waals surface area contributed by atoms with Gasteiger partial charge in [0.1, 0.15) is 5.75 Å². The Morgan fingerprint density at radius 2 is 2.15 bits per heavy atom.